The molecule has 0 spiro atoms. The lowest BCUT2D eigenvalue weighted by atomic mass is 9.98. The molecule has 0 fully saturated rings. The number of benzene rings is 2. The third kappa shape index (κ3) is 5.42. The van der Waals surface area contributed by atoms with Crippen molar-refractivity contribution in [2.45, 2.75) is 52.7 Å². The first-order valence-corrected chi connectivity index (χ1v) is 11.6. The molecule has 1 aromatic heterocycles. The highest BCUT2D eigenvalue weighted by molar-refractivity contribution is 6.30. The number of aromatic carboxylic acids is 1. The van der Waals surface area contributed by atoms with Crippen molar-refractivity contribution < 1.29 is 24.1 Å². The number of rotatable bonds is 9. The van der Waals surface area contributed by atoms with E-state index in [0.717, 1.165) is 0 Å². The number of carbonyl (C=O) groups is 1. The first-order chi connectivity index (χ1) is 16.0. The lowest BCUT2D eigenvalue weighted by Gasteiger charge is -2.24. The van der Waals surface area contributed by atoms with Gasteiger partial charge in [0.25, 0.3) is 0 Å². The van der Waals surface area contributed by atoms with Crippen LogP contribution in [0, 0.1) is 11.7 Å². The number of pyridine rings is 1. The van der Waals surface area contributed by atoms with E-state index in [1.807, 2.05) is 27.7 Å². The Labute approximate surface area is 202 Å². The number of hydrogen-bond acceptors (Lipinski definition) is 4. The molecule has 6 nitrogen and oxygen atoms in total. The fraction of sp³-hybridized carbons (Fsp3) is 0.385. The van der Waals surface area contributed by atoms with Gasteiger partial charge in [0.2, 0.25) is 5.43 Å². The van der Waals surface area contributed by atoms with Crippen molar-refractivity contribution in [3.05, 3.63) is 74.3 Å². The summed E-state index contributed by atoms with van der Waals surface area (Å²) < 4.78 is 22.3. The van der Waals surface area contributed by atoms with E-state index in [0.29, 0.717) is 28.8 Å². The van der Waals surface area contributed by atoms with Gasteiger partial charge in [-0.15, -0.1) is 0 Å². The van der Waals surface area contributed by atoms with Crippen LogP contribution in [0.2, 0.25) is 5.02 Å². The Kier molecular flexibility index (Phi) is 8.00. The smallest absolute Gasteiger partial charge is 0.341 e. The molecule has 3 rings (SSSR count). The normalized spacial score (nSPS) is 12.5. The number of carboxylic acid groups (broad SMARTS) is 1. The second-order valence-electron chi connectivity index (χ2n) is 9.08. The lowest BCUT2D eigenvalue weighted by Crippen LogP contribution is -2.24. The van der Waals surface area contributed by atoms with Crippen molar-refractivity contribution in [3.8, 4) is 5.75 Å². The topological polar surface area (TPSA) is 88.8 Å². The fourth-order valence-corrected chi connectivity index (χ4v) is 4.28. The monoisotopic (exact) mass is 489 g/mol. The van der Waals surface area contributed by atoms with Gasteiger partial charge in [0.15, 0.2) is 0 Å². The summed E-state index contributed by atoms with van der Waals surface area (Å²) in [7, 11) is 0. The first kappa shape index (κ1) is 25.7. The standard InChI is InChI=1S/C26H29ClFNO5/c1-14(2)8-18(13-30)29-12-20(26(32)33)25(31)19-10-17(23(11-22(19)29)34-15(3)4)9-16-6-5-7-21(27)24(16)28/h5-7,10-12,14-15,18,30H,8-9,13H2,1-4H3,(H,32,33)/t18-/m1/s1. The van der Waals surface area contributed by atoms with E-state index in [1.165, 1.54) is 12.3 Å². The molecule has 0 saturated carbocycles. The fourth-order valence-electron chi connectivity index (χ4n) is 4.09. The van der Waals surface area contributed by atoms with Gasteiger partial charge >= 0.3 is 5.97 Å². The Balaban J connectivity index is 2.33. The average Bonchev–Trinajstić information content (AvgIpc) is 2.75. The molecule has 2 N–H and O–H groups in total. The van der Waals surface area contributed by atoms with Crippen LogP contribution in [0.4, 0.5) is 4.39 Å². The summed E-state index contributed by atoms with van der Waals surface area (Å²) in [6.07, 6.45) is 1.74. The minimum absolute atomic E-state index is 0.0143. The molecular formula is C26H29ClFNO5. The molecular weight excluding hydrogens is 461 g/mol. The van der Waals surface area contributed by atoms with Crippen molar-refractivity contribution in [3.63, 3.8) is 0 Å². The maximum atomic E-state index is 14.6. The van der Waals surface area contributed by atoms with Crippen LogP contribution in [0.1, 0.15) is 61.6 Å². The number of carboxylic acids is 1. The van der Waals surface area contributed by atoms with Crippen LogP contribution in [-0.4, -0.2) is 33.5 Å². The predicted octanol–water partition coefficient (Wildman–Crippen LogP) is 5.45. The molecule has 0 aliphatic rings. The zero-order valence-electron chi connectivity index (χ0n) is 19.6. The molecule has 3 aromatic rings. The molecule has 0 aliphatic heterocycles. The van der Waals surface area contributed by atoms with Gasteiger partial charge in [0.05, 0.1) is 29.3 Å². The first-order valence-electron chi connectivity index (χ1n) is 11.2. The van der Waals surface area contributed by atoms with E-state index in [9.17, 15) is 24.2 Å². The molecule has 1 atom stereocenters. The highest BCUT2D eigenvalue weighted by Gasteiger charge is 2.22. The van der Waals surface area contributed by atoms with Gasteiger partial charge in [-0.25, -0.2) is 9.18 Å². The van der Waals surface area contributed by atoms with Gasteiger partial charge < -0.3 is 19.5 Å². The number of fused-ring (bicyclic) bond motifs is 1. The molecule has 2 aromatic carbocycles. The quantitative estimate of drug-likeness (QED) is 0.417. The van der Waals surface area contributed by atoms with E-state index in [-0.39, 0.29) is 35.5 Å². The van der Waals surface area contributed by atoms with Crippen LogP contribution in [-0.2, 0) is 6.42 Å². The molecule has 0 aliphatic carbocycles. The summed E-state index contributed by atoms with van der Waals surface area (Å²) in [5.74, 6) is -1.25. The van der Waals surface area contributed by atoms with Crippen LogP contribution in [0.5, 0.6) is 5.75 Å². The summed E-state index contributed by atoms with van der Waals surface area (Å²) in [4.78, 5) is 25.0. The van der Waals surface area contributed by atoms with Gasteiger partial charge in [-0.1, -0.05) is 37.6 Å². The van der Waals surface area contributed by atoms with Gasteiger partial charge in [-0.05, 0) is 49.4 Å². The second kappa shape index (κ2) is 10.6. The Morgan fingerprint density at radius 3 is 2.47 bits per heavy atom. The number of ether oxygens (including phenoxy) is 1. The Morgan fingerprint density at radius 2 is 1.88 bits per heavy atom. The van der Waals surface area contributed by atoms with Crippen LogP contribution in [0.25, 0.3) is 10.9 Å². The van der Waals surface area contributed by atoms with Crippen molar-refractivity contribution in [2.24, 2.45) is 5.92 Å². The third-order valence-electron chi connectivity index (χ3n) is 5.57. The summed E-state index contributed by atoms with van der Waals surface area (Å²) in [5.41, 5.74) is 0.248. The summed E-state index contributed by atoms with van der Waals surface area (Å²) in [6, 6.07) is 7.47. The predicted molar refractivity (Wildman–Crippen MR) is 131 cm³/mol. The molecule has 8 heteroatoms. The minimum atomic E-state index is -1.35. The van der Waals surface area contributed by atoms with E-state index >= 15 is 0 Å². The number of halogens is 2. The maximum absolute atomic E-state index is 14.6. The SMILES string of the molecule is CC(C)C[C@H](CO)n1cc(C(=O)O)c(=O)c2cc(Cc3cccc(Cl)c3F)c(OC(C)C)cc21. The van der Waals surface area contributed by atoms with Crippen molar-refractivity contribution in [2.75, 3.05) is 6.61 Å². The number of aliphatic hydroxyl groups excluding tert-OH is 1. The zero-order chi connectivity index (χ0) is 25.2. The number of aliphatic hydroxyl groups is 1. The molecule has 34 heavy (non-hydrogen) atoms. The van der Waals surface area contributed by atoms with Crippen LogP contribution in [0.3, 0.4) is 0 Å². The highest BCUT2D eigenvalue weighted by atomic mass is 35.5. The number of hydrogen-bond donors (Lipinski definition) is 2. The Morgan fingerprint density at radius 1 is 1.18 bits per heavy atom. The van der Waals surface area contributed by atoms with E-state index in [2.05, 4.69) is 0 Å². The summed E-state index contributed by atoms with van der Waals surface area (Å²) >= 11 is 5.94. The molecule has 0 radical (unpaired) electrons. The summed E-state index contributed by atoms with van der Waals surface area (Å²) in [6.45, 7) is 7.46. The van der Waals surface area contributed by atoms with Crippen LogP contribution >= 0.6 is 11.6 Å². The molecule has 1 heterocycles. The maximum Gasteiger partial charge on any atom is 0.341 e. The number of nitrogens with zero attached hydrogens (tertiary/aromatic N) is 1. The lowest BCUT2D eigenvalue weighted by molar-refractivity contribution is 0.0694. The van der Waals surface area contributed by atoms with Gasteiger partial charge in [-0.2, -0.15) is 0 Å². The molecule has 0 bridgehead atoms. The number of aromatic nitrogens is 1. The Hall–Kier alpha value is -2.90. The van der Waals surface area contributed by atoms with Crippen LogP contribution < -0.4 is 10.2 Å². The van der Waals surface area contributed by atoms with Gasteiger partial charge in [0.1, 0.15) is 17.1 Å². The van der Waals surface area contributed by atoms with Gasteiger partial charge in [0, 0.05) is 24.1 Å². The largest absolute Gasteiger partial charge is 0.491 e. The van der Waals surface area contributed by atoms with E-state index in [1.54, 1.807) is 28.8 Å². The van der Waals surface area contributed by atoms with Crippen LogP contribution in [0.15, 0.2) is 41.3 Å². The zero-order valence-corrected chi connectivity index (χ0v) is 20.4. The van der Waals surface area contributed by atoms with Crippen molar-refractivity contribution in [1.82, 2.24) is 4.57 Å². The summed E-state index contributed by atoms with van der Waals surface area (Å²) in [5, 5.41) is 19.9. The van der Waals surface area contributed by atoms with Crippen molar-refractivity contribution >= 4 is 28.5 Å². The van der Waals surface area contributed by atoms with Crippen molar-refractivity contribution in [1.29, 1.82) is 0 Å². The van der Waals surface area contributed by atoms with E-state index in [4.69, 9.17) is 16.3 Å². The minimum Gasteiger partial charge on any atom is -0.491 e. The molecule has 0 saturated heterocycles. The highest BCUT2D eigenvalue weighted by Crippen LogP contribution is 2.32. The second-order valence-corrected chi connectivity index (χ2v) is 9.49. The van der Waals surface area contributed by atoms with Gasteiger partial charge in [-0.3, -0.25) is 4.79 Å². The molecule has 182 valence electrons. The Bertz CT molecular complexity index is 1270. The molecule has 0 amide bonds. The average molecular weight is 490 g/mol. The molecule has 0 unspecified atom stereocenters. The van der Waals surface area contributed by atoms with E-state index < -0.39 is 28.8 Å². The third-order valence-corrected chi connectivity index (χ3v) is 5.86.